The van der Waals surface area contributed by atoms with Crippen molar-refractivity contribution in [2.24, 2.45) is 0 Å². The standard InChI is InChI=1S/C14H12ClN3/c1-9-2-3-10(8-16)6-14(9)18-13-5-4-11(15)7-12(13)17/h2-7,18H,17H2,1H3. The molecular formula is C14H12ClN3. The van der Waals surface area contributed by atoms with Crippen LogP contribution in [0.15, 0.2) is 36.4 Å². The number of benzene rings is 2. The van der Waals surface area contributed by atoms with E-state index in [1.807, 2.05) is 19.1 Å². The van der Waals surface area contributed by atoms with Gasteiger partial charge < -0.3 is 11.1 Å². The SMILES string of the molecule is Cc1ccc(C#N)cc1Nc1ccc(Cl)cc1N. The molecule has 4 heteroatoms. The highest BCUT2D eigenvalue weighted by Gasteiger charge is 2.04. The summed E-state index contributed by atoms with van der Waals surface area (Å²) in [5.74, 6) is 0. The quantitative estimate of drug-likeness (QED) is 0.804. The Morgan fingerprint density at radius 2 is 1.94 bits per heavy atom. The van der Waals surface area contributed by atoms with Crippen LogP contribution in [0.4, 0.5) is 17.1 Å². The lowest BCUT2D eigenvalue weighted by atomic mass is 10.1. The molecule has 0 atom stereocenters. The van der Waals surface area contributed by atoms with Gasteiger partial charge in [-0.1, -0.05) is 17.7 Å². The van der Waals surface area contributed by atoms with Gasteiger partial charge in [0.15, 0.2) is 0 Å². The highest BCUT2D eigenvalue weighted by Crippen LogP contribution is 2.28. The molecule has 90 valence electrons. The third kappa shape index (κ3) is 2.55. The minimum atomic E-state index is 0.573. The van der Waals surface area contributed by atoms with Crippen molar-refractivity contribution in [3.8, 4) is 6.07 Å². The van der Waals surface area contributed by atoms with E-state index in [-0.39, 0.29) is 0 Å². The molecule has 0 aliphatic heterocycles. The molecule has 0 spiro atoms. The highest BCUT2D eigenvalue weighted by atomic mass is 35.5. The van der Waals surface area contributed by atoms with Gasteiger partial charge in [-0.25, -0.2) is 0 Å². The number of nitrogens with two attached hydrogens (primary N) is 1. The first-order valence-electron chi connectivity index (χ1n) is 5.43. The summed E-state index contributed by atoms with van der Waals surface area (Å²) < 4.78 is 0. The van der Waals surface area contributed by atoms with Gasteiger partial charge in [0.1, 0.15) is 0 Å². The minimum Gasteiger partial charge on any atom is -0.397 e. The zero-order chi connectivity index (χ0) is 13.1. The Morgan fingerprint density at radius 1 is 1.17 bits per heavy atom. The summed E-state index contributed by atoms with van der Waals surface area (Å²) in [6, 6.07) is 12.9. The van der Waals surface area contributed by atoms with E-state index < -0.39 is 0 Å². The van der Waals surface area contributed by atoms with Crippen molar-refractivity contribution in [1.82, 2.24) is 0 Å². The average molecular weight is 258 g/mol. The monoisotopic (exact) mass is 257 g/mol. The minimum absolute atomic E-state index is 0.573. The zero-order valence-electron chi connectivity index (χ0n) is 9.87. The summed E-state index contributed by atoms with van der Waals surface area (Å²) in [6.45, 7) is 1.97. The number of nitrogens with one attached hydrogen (secondary N) is 1. The Balaban J connectivity index is 2.37. The largest absolute Gasteiger partial charge is 0.397 e. The van der Waals surface area contributed by atoms with Gasteiger partial charge in [-0.05, 0) is 42.8 Å². The summed E-state index contributed by atoms with van der Waals surface area (Å²) in [7, 11) is 0. The summed E-state index contributed by atoms with van der Waals surface area (Å²) in [6.07, 6.45) is 0. The first-order chi connectivity index (χ1) is 8.60. The zero-order valence-corrected chi connectivity index (χ0v) is 10.6. The maximum absolute atomic E-state index is 8.89. The predicted octanol–water partition coefficient (Wildman–Crippen LogP) is 3.85. The van der Waals surface area contributed by atoms with Crippen LogP contribution in [-0.4, -0.2) is 0 Å². The van der Waals surface area contributed by atoms with Crippen LogP contribution in [0.2, 0.25) is 5.02 Å². The Kier molecular flexibility index (Phi) is 3.40. The van der Waals surface area contributed by atoms with Gasteiger partial charge in [-0.3, -0.25) is 0 Å². The van der Waals surface area contributed by atoms with Crippen LogP contribution in [0, 0.1) is 18.3 Å². The van der Waals surface area contributed by atoms with Gasteiger partial charge in [0.2, 0.25) is 0 Å². The van der Waals surface area contributed by atoms with Crippen LogP contribution in [0.5, 0.6) is 0 Å². The molecule has 0 heterocycles. The van der Waals surface area contributed by atoms with Crippen molar-refractivity contribution in [2.45, 2.75) is 6.92 Å². The van der Waals surface area contributed by atoms with Gasteiger partial charge in [0, 0.05) is 10.7 Å². The first-order valence-corrected chi connectivity index (χ1v) is 5.81. The van der Waals surface area contributed by atoms with Crippen LogP contribution >= 0.6 is 11.6 Å². The number of anilines is 3. The predicted molar refractivity (Wildman–Crippen MR) is 75.0 cm³/mol. The Labute approximate surface area is 111 Å². The summed E-state index contributed by atoms with van der Waals surface area (Å²) in [4.78, 5) is 0. The van der Waals surface area contributed by atoms with Crippen LogP contribution in [0.25, 0.3) is 0 Å². The van der Waals surface area contributed by atoms with Gasteiger partial charge in [0.05, 0.1) is 23.0 Å². The van der Waals surface area contributed by atoms with Crippen molar-refractivity contribution in [3.63, 3.8) is 0 Å². The van der Waals surface area contributed by atoms with Crippen molar-refractivity contribution in [2.75, 3.05) is 11.1 Å². The molecule has 3 N–H and O–H groups in total. The second-order valence-corrected chi connectivity index (χ2v) is 4.43. The van der Waals surface area contributed by atoms with Gasteiger partial charge in [-0.2, -0.15) is 5.26 Å². The topological polar surface area (TPSA) is 61.8 Å². The van der Waals surface area contributed by atoms with E-state index in [1.54, 1.807) is 24.3 Å². The first kappa shape index (κ1) is 12.3. The van der Waals surface area contributed by atoms with E-state index in [2.05, 4.69) is 11.4 Å². The molecule has 0 aromatic heterocycles. The third-order valence-corrected chi connectivity index (χ3v) is 2.88. The second kappa shape index (κ2) is 4.99. The molecule has 0 unspecified atom stereocenters. The maximum atomic E-state index is 8.89. The maximum Gasteiger partial charge on any atom is 0.0992 e. The summed E-state index contributed by atoms with van der Waals surface area (Å²) >= 11 is 5.85. The lowest BCUT2D eigenvalue weighted by molar-refractivity contribution is 1.40. The van der Waals surface area contributed by atoms with E-state index in [0.29, 0.717) is 16.3 Å². The molecule has 0 aliphatic rings. The number of nitrogen functional groups attached to an aromatic ring is 1. The van der Waals surface area contributed by atoms with Gasteiger partial charge in [0.25, 0.3) is 0 Å². The number of nitriles is 1. The number of halogens is 1. The normalized spacial score (nSPS) is 9.83. The molecule has 0 bridgehead atoms. The molecule has 2 aromatic rings. The van der Waals surface area contributed by atoms with Crippen molar-refractivity contribution in [1.29, 1.82) is 5.26 Å². The number of aryl methyl sites for hydroxylation is 1. The van der Waals surface area contributed by atoms with Crippen molar-refractivity contribution in [3.05, 3.63) is 52.5 Å². The molecule has 0 aliphatic carbocycles. The fraction of sp³-hybridized carbons (Fsp3) is 0.0714. The van der Waals surface area contributed by atoms with E-state index in [4.69, 9.17) is 22.6 Å². The summed E-state index contributed by atoms with van der Waals surface area (Å²) in [5, 5.41) is 12.7. The second-order valence-electron chi connectivity index (χ2n) is 4.00. The van der Waals surface area contributed by atoms with Gasteiger partial charge >= 0.3 is 0 Å². The smallest absolute Gasteiger partial charge is 0.0992 e. The Bertz CT molecular complexity index is 629. The molecule has 2 rings (SSSR count). The number of hydrogen-bond acceptors (Lipinski definition) is 3. The number of hydrogen-bond donors (Lipinski definition) is 2. The van der Waals surface area contributed by atoms with E-state index >= 15 is 0 Å². The van der Waals surface area contributed by atoms with Gasteiger partial charge in [-0.15, -0.1) is 0 Å². The Hall–Kier alpha value is -2.18. The average Bonchev–Trinajstić information content (AvgIpc) is 2.35. The van der Waals surface area contributed by atoms with E-state index in [1.165, 1.54) is 0 Å². The molecule has 18 heavy (non-hydrogen) atoms. The fourth-order valence-electron chi connectivity index (χ4n) is 1.62. The van der Waals surface area contributed by atoms with Crippen LogP contribution in [-0.2, 0) is 0 Å². The molecule has 0 amide bonds. The molecule has 0 saturated carbocycles. The van der Waals surface area contributed by atoms with Crippen LogP contribution in [0.3, 0.4) is 0 Å². The molecule has 0 radical (unpaired) electrons. The van der Waals surface area contributed by atoms with Crippen LogP contribution in [0.1, 0.15) is 11.1 Å². The van der Waals surface area contributed by atoms with Crippen molar-refractivity contribution >= 4 is 28.7 Å². The molecule has 3 nitrogen and oxygen atoms in total. The molecule has 2 aromatic carbocycles. The lowest BCUT2D eigenvalue weighted by Gasteiger charge is -2.12. The Morgan fingerprint density at radius 3 is 2.61 bits per heavy atom. The highest BCUT2D eigenvalue weighted by molar-refractivity contribution is 6.31. The molecular weight excluding hydrogens is 246 g/mol. The van der Waals surface area contributed by atoms with Crippen LogP contribution < -0.4 is 11.1 Å². The van der Waals surface area contributed by atoms with Crippen molar-refractivity contribution < 1.29 is 0 Å². The number of nitrogens with zero attached hydrogens (tertiary/aromatic N) is 1. The third-order valence-electron chi connectivity index (χ3n) is 2.65. The number of rotatable bonds is 2. The molecule has 0 fully saturated rings. The lowest BCUT2D eigenvalue weighted by Crippen LogP contribution is -1.98. The molecule has 0 saturated heterocycles. The van der Waals surface area contributed by atoms with E-state index in [0.717, 1.165) is 16.9 Å². The fourth-order valence-corrected chi connectivity index (χ4v) is 1.80. The summed E-state index contributed by atoms with van der Waals surface area (Å²) in [5.41, 5.74) is 9.74. The van der Waals surface area contributed by atoms with E-state index in [9.17, 15) is 0 Å².